The van der Waals surface area contributed by atoms with E-state index in [2.05, 4.69) is 23.1 Å². The molecular formula is C8H11ClN4. The average molecular weight is 199 g/mol. The summed E-state index contributed by atoms with van der Waals surface area (Å²) in [4.78, 5) is 7.56. The molecule has 0 saturated heterocycles. The molecule has 0 spiro atoms. The van der Waals surface area contributed by atoms with Crippen molar-refractivity contribution < 1.29 is 0 Å². The van der Waals surface area contributed by atoms with Gasteiger partial charge in [-0.25, -0.2) is 4.99 Å². The number of hydrogen-bond donors (Lipinski definition) is 2. The van der Waals surface area contributed by atoms with Crippen LogP contribution in [-0.2, 0) is 0 Å². The quantitative estimate of drug-likeness (QED) is 0.525. The fraction of sp³-hybridized carbons (Fsp3) is 0. The molecule has 0 unspecified atom stereocenters. The summed E-state index contributed by atoms with van der Waals surface area (Å²) in [5.41, 5.74) is 11.2. The second kappa shape index (κ2) is 6.02. The zero-order valence-corrected chi connectivity index (χ0v) is 7.83. The molecule has 0 heterocycles. The van der Waals surface area contributed by atoms with Crippen LogP contribution >= 0.6 is 11.6 Å². The minimum Gasteiger partial charge on any atom is -0.397 e. The molecule has 0 aromatic rings. The molecule has 0 bridgehead atoms. The predicted molar refractivity (Wildman–Crippen MR) is 57.6 cm³/mol. The number of nitrogens with two attached hydrogens (primary N) is 2. The first-order chi connectivity index (χ1) is 6.07. The Morgan fingerprint density at radius 1 is 1.38 bits per heavy atom. The van der Waals surface area contributed by atoms with Crippen LogP contribution in [0.1, 0.15) is 0 Å². The third kappa shape index (κ3) is 5.69. The van der Waals surface area contributed by atoms with Crippen molar-refractivity contribution in [2.45, 2.75) is 0 Å². The lowest BCUT2D eigenvalue weighted by atomic mass is 10.3. The molecule has 5 heteroatoms. The Labute approximate surface area is 82.0 Å². The van der Waals surface area contributed by atoms with E-state index in [1.165, 1.54) is 18.6 Å². The van der Waals surface area contributed by atoms with Gasteiger partial charge in [0.2, 0.25) is 0 Å². The number of halogens is 1. The van der Waals surface area contributed by atoms with E-state index in [1.807, 2.05) is 0 Å². The molecule has 0 atom stereocenters. The molecular weight excluding hydrogens is 188 g/mol. The maximum absolute atomic E-state index is 5.40. The Balaban J connectivity index is 4.70. The van der Waals surface area contributed by atoms with Gasteiger partial charge in [-0.3, -0.25) is 4.99 Å². The normalized spacial score (nSPS) is 13.3. The largest absolute Gasteiger partial charge is 0.397 e. The molecule has 0 aliphatic carbocycles. The lowest BCUT2D eigenvalue weighted by Crippen LogP contribution is -2.11. The Morgan fingerprint density at radius 3 is 2.38 bits per heavy atom. The van der Waals surface area contributed by atoms with E-state index in [9.17, 15) is 0 Å². The van der Waals surface area contributed by atoms with Gasteiger partial charge in [-0.15, -0.1) is 0 Å². The summed E-state index contributed by atoms with van der Waals surface area (Å²) in [6.07, 6.45) is 4.02. The molecule has 0 amide bonds. The van der Waals surface area contributed by atoms with Gasteiger partial charge in [0.25, 0.3) is 0 Å². The van der Waals surface area contributed by atoms with Gasteiger partial charge in [-0.05, 0) is 0 Å². The SMILES string of the molecule is C=C\N=C/C(=N/C=C(\N)Cl)C(=C)N. The van der Waals surface area contributed by atoms with Crippen LogP contribution in [0.5, 0.6) is 0 Å². The van der Waals surface area contributed by atoms with Gasteiger partial charge in [-0.2, -0.15) is 0 Å². The van der Waals surface area contributed by atoms with Crippen molar-refractivity contribution in [3.05, 3.63) is 36.4 Å². The van der Waals surface area contributed by atoms with Crippen LogP contribution in [-0.4, -0.2) is 11.9 Å². The van der Waals surface area contributed by atoms with E-state index < -0.39 is 0 Å². The standard InChI is InChI=1S/C8H11ClN4/c1-3-12-4-7(6(2)10)13-5-8(9)11/h3-5H,1-2,10-11H2/b8-5-,12-4-,13-7-. The number of aliphatic imine (C=N–C) groups is 2. The van der Waals surface area contributed by atoms with E-state index in [-0.39, 0.29) is 10.9 Å². The van der Waals surface area contributed by atoms with Crippen molar-refractivity contribution in [2.75, 3.05) is 0 Å². The van der Waals surface area contributed by atoms with Gasteiger partial charge in [0, 0.05) is 6.20 Å². The summed E-state index contributed by atoms with van der Waals surface area (Å²) in [5, 5.41) is 0.0609. The summed E-state index contributed by atoms with van der Waals surface area (Å²) in [5.74, 6) is 0. The minimum absolute atomic E-state index is 0.0609. The van der Waals surface area contributed by atoms with Gasteiger partial charge < -0.3 is 11.5 Å². The zero-order valence-electron chi connectivity index (χ0n) is 7.07. The molecule has 0 rings (SSSR count). The molecule has 0 fully saturated rings. The predicted octanol–water partition coefficient (Wildman–Crippen LogP) is 1.11. The Hall–Kier alpha value is -1.55. The molecule has 4 nitrogen and oxygen atoms in total. The second-order valence-corrected chi connectivity index (χ2v) is 2.45. The Morgan fingerprint density at radius 2 is 2.00 bits per heavy atom. The summed E-state index contributed by atoms with van der Waals surface area (Å²) in [6, 6.07) is 0. The van der Waals surface area contributed by atoms with Gasteiger partial charge in [0.1, 0.15) is 10.9 Å². The van der Waals surface area contributed by atoms with Crippen molar-refractivity contribution in [1.29, 1.82) is 0 Å². The van der Waals surface area contributed by atoms with Crippen molar-refractivity contribution >= 4 is 23.5 Å². The van der Waals surface area contributed by atoms with E-state index in [0.29, 0.717) is 5.71 Å². The van der Waals surface area contributed by atoms with E-state index in [4.69, 9.17) is 23.1 Å². The Bertz CT molecular complexity index is 285. The molecule has 0 saturated carbocycles. The third-order valence-corrected chi connectivity index (χ3v) is 1.06. The minimum atomic E-state index is 0.0609. The smallest absolute Gasteiger partial charge is 0.118 e. The van der Waals surface area contributed by atoms with Crippen molar-refractivity contribution in [2.24, 2.45) is 21.5 Å². The summed E-state index contributed by atoms with van der Waals surface area (Å²) < 4.78 is 0. The number of allylic oxidation sites excluding steroid dienone is 1. The topological polar surface area (TPSA) is 76.8 Å². The summed E-state index contributed by atoms with van der Waals surface area (Å²) in [6.45, 7) is 6.89. The first-order valence-corrected chi connectivity index (χ1v) is 3.73. The fourth-order valence-electron chi connectivity index (χ4n) is 0.454. The van der Waals surface area contributed by atoms with Gasteiger partial charge >= 0.3 is 0 Å². The molecule has 4 N–H and O–H groups in total. The van der Waals surface area contributed by atoms with Crippen LogP contribution < -0.4 is 11.5 Å². The lowest BCUT2D eigenvalue weighted by molar-refractivity contribution is 1.41. The van der Waals surface area contributed by atoms with Crippen LogP contribution in [0.25, 0.3) is 0 Å². The van der Waals surface area contributed by atoms with Gasteiger partial charge in [0.15, 0.2) is 0 Å². The monoisotopic (exact) mass is 198 g/mol. The highest BCUT2D eigenvalue weighted by Crippen LogP contribution is 1.93. The van der Waals surface area contributed by atoms with Crippen LogP contribution in [0.4, 0.5) is 0 Å². The van der Waals surface area contributed by atoms with E-state index in [0.717, 1.165) is 0 Å². The highest BCUT2D eigenvalue weighted by molar-refractivity contribution is 6.38. The molecule has 0 aliphatic rings. The van der Waals surface area contributed by atoms with Crippen LogP contribution in [0, 0.1) is 0 Å². The Kier molecular flexibility index (Phi) is 5.30. The third-order valence-electron chi connectivity index (χ3n) is 0.958. The van der Waals surface area contributed by atoms with Gasteiger partial charge in [0.05, 0.1) is 18.1 Å². The van der Waals surface area contributed by atoms with E-state index >= 15 is 0 Å². The first-order valence-electron chi connectivity index (χ1n) is 3.35. The van der Waals surface area contributed by atoms with Crippen molar-refractivity contribution in [3.8, 4) is 0 Å². The maximum atomic E-state index is 5.40. The molecule has 0 radical (unpaired) electrons. The molecule has 0 aromatic carbocycles. The van der Waals surface area contributed by atoms with Crippen LogP contribution in [0.3, 0.4) is 0 Å². The fourth-order valence-corrected chi connectivity index (χ4v) is 0.502. The first kappa shape index (κ1) is 11.4. The van der Waals surface area contributed by atoms with E-state index in [1.54, 1.807) is 0 Å². The average Bonchev–Trinajstić information content (AvgIpc) is 2.03. The highest BCUT2D eigenvalue weighted by atomic mass is 35.5. The number of rotatable bonds is 4. The van der Waals surface area contributed by atoms with Gasteiger partial charge in [-0.1, -0.05) is 24.8 Å². The van der Waals surface area contributed by atoms with Crippen LogP contribution in [0.2, 0.25) is 0 Å². The number of hydrogen-bond acceptors (Lipinski definition) is 4. The summed E-state index contributed by atoms with van der Waals surface area (Å²) in [7, 11) is 0. The molecule has 13 heavy (non-hydrogen) atoms. The summed E-state index contributed by atoms with van der Waals surface area (Å²) >= 11 is 5.36. The molecule has 0 aromatic heterocycles. The highest BCUT2D eigenvalue weighted by Gasteiger charge is 1.94. The second-order valence-electron chi connectivity index (χ2n) is 2.01. The molecule has 0 aliphatic heterocycles. The zero-order chi connectivity index (χ0) is 10.3. The van der Waals surface area contributed by atoms with Crippen molar-refractivity contribution in [3.63, 3.8) is 0 Å². The van der Waals surface area contributed by atoms with Crippen molar-refractivity contribution in [1.82, 2.24) is 0 Å². The number of nitrogens with zero attached hydrogens (tertiary/aromatic N) is 2. The maximum Gasteiger partial charge on any atom is 0.118 e. The molecule has 70 valence electrons. The lowest BCUT2D eigenvalue weighted by Gasteiger charge is -1.95. The van der Waals surface area contributed by atoms with Crippen LogP contribution in [0.15, 0.2) is 46.4 Å².